The molecule has 140 valence electrons. The summed E-state index contributed by atoms with van der Waals surface area (Å²) in [5, 5.41) is 19.5. The van der Waals surface area contributed by atoms with Gasteiger partial charge in [-0.25, -0.2) is 0 Å². The Morgan fingerprint density at radius 3 is 2.37 bits per heavy atom. The topological polar surface area (TPSA) is 87.7 Å². The van der Waals surface area contributed by atoms with Crippen molar-refractivity contribution in [2.24, 2.45) is 5.41 Å². The summed E-state index contributed by atoms with van der Waals surface area (Å²) in [4.78, 5) is 24.9. The minimum absolute atomic E-state index is 0.0229. The van der Waals surface area contributed by atoms with Crippen molar-refractivity contribution in [2.45, 2.75) is 33.6 Å². The average Bonchev–Trinajstić information content (AvgIpc) is 2.53. The van der Waals surface area contributed by atoms with Crippen LogP contribution in [0.3, 0.4) is 0 Å². The van der Waals surface area contributed by atoms with E-state index in [1.165, 1.54) is 12.3 Å². The van der Waals surface area contributed by atoms with E-state index < -0.39 is 0 Å². The number of phenolic OH excluding ortho intramolecular Hbond substituents is 2. The van der Waals surface area contributed by atoms with Crippen LogP contribution in [0, 0.1) is 5.41 Å². The van der Waals surface area contributed by atoms with Crippen LogP contribution in [0.25, 0.3) is 22.1 Å². The Bertz CT molecular complexity index is 1050. The molecule has 27 heavy (non-hydrogen) atoms. The molecule has 1 aromatic heterocycles. The molecule has 3 aromatic rings. The number of hydrogen-bond acceptors (Lipinski definition) is 5. The van der Waals surface area contributed by atoms with E-state index in [1.807, 2.05) is 32.9 Å². The van der Waals surface area contributed by atoms with E-state index in [-0.39, 0.29) is 39.1 Å². The largest absolute Gasteiger partial charge is 0.508 e. The zero-order valence-electron chi connectivity index (χ0n) is 15.6. The van der Waals surface area contributed by atoms with Gasteiger partial charge in [0.2, 0.25) is 5.43 Å². The molecule has 5 nitrogen and oxygen atoms in total. The van der Waals surface area contributed by atoms with E-state index in [0.29, 0.717) is 24.0 Å². The number of carbonyl (C=O) groups is 1. The highest BCUT2D eigenvalue weighted by Gasteiger charge is 2.17. The van der Waals surface area contributed by atoms with Gasteiger partial charge in [0, 0.05) is 25.0 Å². The van der Waals surface area contributed by atoms with Crippen molar-refractivity contribution in [3.8, 4) is 22.6 Å². The molecule has 2 N–H and O–H groups in total. The van der Waals surface area contributed by atoms with Crippen molar-refractivity contribution in [2.75, 3.05) is 0 Å². The maximum absolute atomic E-state index is 12.7. The van der Waals surface area contributed by atoms with Crippen LogP contribution in [-0.4, -0.2) is 16.0 Å². The molecule has 0 amide bonds. The van der Waals surface area contributed by atoms with Crippen molar-refractivity contribution >= 4 is 16.8 Å². The molecule has 0 bridgehead atoms. The number of fused-ring (bicyclic) bond motifs is 1. The average molecular weight is 366 g/mol. The Kier molecular flexibility index (Phi) is 4.79. The van der Waals surface area contributed by atoms with Crippen LogP contribution in [0.2, 0.25) is 0 Å². The highest BCUT2D eigenvalue weighted by atomic mass is 16.3. The molecule has 0 saturated heterocycles. The first-order valence-electron chi connectivity index (χ1n) is 8.72. The Morgan fingerprint density at radius 1 is 1.07 bits per heavy atom. The minimum Gasteiger partial charge on any atom is -0.508 e. The van der Waals surface area contributed by atoms with Crippen molar-refractivity contribution in [3.05, 3.63) is 58.4 Å². The molecular weight excluding hydrogens is 344 g/mol. The van der Waals surface area contributed by atoms with E-state index in [9.17, 15) is 19.8 Å². The van der Waals surface area contributed by atoms with Gasteiger partial charge in [0.1, 0.15) is 34.5 Å². The van der Waals surface area contributed by atoms with Crippen molar-refractivity contribution in [3.63, 3.8) is 0 Å². The van der Waals surface area contributed by atoms with Gasteiger partial charge < -0.3 is 14.6 Å². The van der Waals surface area contributed by atoms with Crippen LogP contribution in [0.4, 0.5) is 0 Å². The summed E-state index contributed by atoms with van der Waals surface area (Å²) in [7, 11) is 0. The quantitative estimate of drug-likeness (QED) is 0.714. The number of ketones is 1. The number of carbonyl (C=O) groups excluding carboxylic acids is 1. The van der Waals surface area contributed by atoms with Crippen molar-refractivity contribution < 1.29 is 19.4 Å². The van der Waals surface area contributed by atoms with Crippen LogP contribution in [0.5, 0.6) is 11.5 Å². The van der Waals surface area contributed by atoms with Crippen molar-refractivity contribution in [1.82, 2.24) is 0 Å². The fourth-order valence-electron chi connectivity index (χ4n) is 3.10. The lowest BCUT2D eigenvalue weighted by molar-refractivity contribution is -0.120. The summed E-state index contributed by atoms with van der Waals surface area (Å²) in [6, 6.07) is 9.54. The predicted octanol–water partition coefficient (Wildman–Crippen LogP) is 4.42. The number of aromatic hydroxyl groups is 2. The Hall–Kier alpha value is -3.08. The Morgan fingerprint density at radius 2 is 1.74 bits per heavy atom. The van der Waals surface area contributed by atoms with Gasteiger partial charge in [-0.15, -0.1) is 0 Å². The molecule has 0 aliphatic carbocycles. The molecule has 0 spiro atoms. The van der Waals surface area contributed by atoms with E-state index in [1.54, 1.807) is 12.1 Å². The number of Topliss-reactive ketones (excluding diaryl/α,β-unsaturated/α-hetero) is 1. The van der Waals surface area contributed by atoms with Gasteiger partial charge in [0.15, 0.2) is 0 Å². The third-order valence-electron chi connectivity index (χ3n) is 4.24. The normalized spacial score (nSPS) is 11.7. The lowest BCUT2D eigenvalue weighted by Crippen LogP contribution is -2.14. The molecule has 0 aliphatic heterocycles. The van der Waals surface area contributed by atoms with Crippen LogP contribution >= 0.6 is 0 Å². The summed E-state index contributed by atoms with van der Waals surface area (Å²) in [5.41, 5.74) is 1.50. The van der Waals surface area contributed by atoms with Crippen LogP contribution in [-0.2, 0) is 11.2 Å². The molecule has 3 rings (SSSR count). The van der Waals surface area contributed by atoms with Gasteiger partial charge in [0.25, 0.3) is 0 Å². The molecule has 0 unspecified atom stereocenters. The maximum atomic E-state index is 12.7. The van der Waals surface area contributed by atoms with E-state index >= 15 is 0 Å². The van der Waals surface area contributed by atoms with Crippen LogP contribution in [0.15, 0.2) is 51.9 Å². The Labute approximate surface area is 156 Å². The lowest BCUT2D eigenvalue weighted by atomic mass is 9.88. The van der Waals surface area contributed by atoms with Gasteiger partial charge in [-0.1, -0.05) is 45.0 Å². The zero-order valence-corrected chi connectivity index (χ0v) is 15.6. The molecule has 0 aliphatic rings. The fraction of sp³-hybridized carbons (Fsp3) is 0.273. The summed E-state index contributed by atoms with van der Waals surface area (Å²) < 4.78 is 5.42. The summed E-state index contributed by atoms with van der Waals surface area (Å²) in [6.45, 7) is 6.09. The number of rotatable bonds is 4. The number of hydrogen-bond donors (Lipinski definition) is 2. The standard InChI is InChI=1S/C22H22O5/c1-22(2,3)11-16(24)8-13-4-6-14(7-5-13)17-12-27-19-10-15(23)9-18(25)20(19)21(17)26/h4-7,9-10,12,23,25H,8,11H2,1-3H3. The lowest BCUT2D eigenvalue weighted by Gasteiger charge is -2.16. The predicted molar refractivity (Wildman–Crippen MR) is 104 cm³/mol. The second kappa shape index (κ2) is 6.91. The molecule has 1 heterocycles. The summed E-state index contributed by atoms with van der Waals surface area (Å²) >= 11 is 0. The summed E-state index contributed by atoms with van der Waals surface area (Å²) in [5.74, 6) is -0.338. The molecule has 0 saturated carbocycles. The first kappa shape index (κ1) is 18.7. The van der Waals surface area contributed by atoms with E-state index in [2.05, 4.69) is 0 Å². The fourth-order valence-corrected chi connectivity index (χ4v) is 3.10. The smallest absolute Gasteiger partial charge is 0.204 e. The second-order valence-electron chi connectivity index (χ2n) is 7.97. The van der Waals surface area contributed by atoms with Crippen molar-refractivity contribution in [1.29, 1.82) is 0 Å². The van der Waals surface area contributed by atoms with Gasteiger partial charge in [-0.2, -0.15) is 0 Å². The third kappa shape index (κ3) is 4.19. The molecule has 0 atom stereocenters. The third-order valence-corrected chi connectivity index (χ3v) is 4.24. The van der Waals surface area contributed by atoms with Crippen LogP contribution < -0.4 is 5.43 Å². The van der Waals surface area contributed by atoms with Gasteiger partial charge in [-0.3, -0.25) is 9.59 Å². The first-order chi connectivity index (χ1) is 12.6. The monoisotopic (exact) mass is 366 g/mol. The molecule has 0 fully saturated rings. The number of benzene rings is 2. The summed E-state index contributed by atoms with van der Waals surface area (Å²) in [6.07, 6.45) is 2.17. The Balaban J connectivity index is 1.91. The maximum Gasteiger partial charge on any atom is 0.204 e. The van der Waals surface area contributed by atoms with E-state index in [0.717, 1.165) is 11.6 Å². The highest BCUT2D eigenvalue weighted by molar-refractivity contribution is 5.88. The molecule has 0 radical (unpaired) electrons. The van der Waals surface area contributed by atoms with Gasteiger partial charge in [-0.05, 0) is 16.5 Å². The first-order valence-corrected chi connectivity index (χ1v) is 8.72. The zero-order chi connectivity index (χ0) is 19.8. The van der Waals surface area contributed by atoms with Gasteiger partial charge in [0.05, 0.1) is 5.56 Å². The molecular formula is C22H22O5. The SMILES string of the molecule is CC(C)(C)CC(=O)Cc1ccc(-c2coc3cc(O)cc(O)c3c2=O)cc1. The minimum atomic E-state index is -0.384. The van der Waals surface area contributed by atoms with Gasteiger partial charge >= 0.3 is 0 Å². The second-order valence-corrected chi connectivity index (χ2v) is 7.97. The molecule has 2 aromatic carbocycles. The molecule has 5 heteroatoms. The van der Waals surface area contributed by atoms with Crippen LogP contribution in [0.1, 0.15) is 32.8 Å². The highest BCUT2D eigenvalue weighted by Crippen LogP contribution is 2.29. The van der Waals surface area contributed by atoms with E-state index in [4.69, 9.17) is 4.42 Å². The number of phenols is 2.